The van der Waals surface area contributed by atoms with Gasteiger partial charge in [-0.05, 0) is 57.6 Å². The van der Waals surface area contributed by atoms with Gasteiger partial charge >= 0.3 is 0 Å². The van der Waals surface area contributed by atoms with Gasteiger partial charge in [-0.3, -0.25) is 0 Å². The van der Waals surface area contributed by atoms with Gasteiger partial charge in [0.1, 0.15) is 0 Å². The van der Waals surface area contributed by atoms with E-state index in [4.69, 9.17) is 15.0 Å². The van der Waals surface area contributed by atoms with E-state index in [1.54, 1.807) is 0 Å². The topological polar surface area (TPSA) is 38.7 Å². The number of aromatic nitrogens is 3. The average molecular weight is 644 g/mol. The van der Waals surface area contributed by atoms with Crippen LogP contribution in [0.25, 0.3) is 87.7 Å². The van der Waals surface area contributed by atoms with Crippen LogP contribution in [0.2, 0.25) is 0 Å². The second-order valence-corrected chi connectivity index (χ2v) is 13.1. The van der Waals surface area contributed by atoms with Crippen molar-refractivity contribution < 1.29 is 0 Å². The van der Waals surface area contributed by atoms with Gasteiger partial charge in [-0.15, -0.1) is 11.3 Å². The highest BCUT2D eigenvalue weighted by molar-refractivity contribution is 7.26. The van der Waals surface area contributed by atoms with Crippen LogP contribution in [-0.2, 0) is 0 Å². The van der Waals surface area contributed by atoms with E-state index in [9.17, 15) is 0 Å². The number of fused-ring (bicyclic) bond motifs is 3. The third kappa shape index (κ3) is 5.58. The van der Waals surface area contributed by atoms with Crippen molar-refractivity contribution in [1.29, 1.82) is 0 Å². The molecule has 2 aromatic heterocycles. The van der Waals surface area contributed by atoms with Crippen molar-refractivity contribution in [2.24, 2.45) is 0 Å². The molecule has 0 amide bonds. The molecule has 230 valence electrons. The maximum Gasteiger partial charge on any atom is 0.164 e. The maximum atomic E-state index is 5.06. The van der Waals surface area contributed by atoms with E-state index in [0.717, 1.165) is 33.4 Å². The van der Waals surface area contributed by atoms with Crippen molar-refractivity contribution in [2.45, 2.75) is 0 Å². The molecule has 4 heteroatoms. The van der Waals surface area contributed by atoms with E-state index in [2.05, 4.69) is 140 Å². The fraction of sp³-hybridized carbons (Fsp3) is 0. The van der Waals surface area contributed by atoms with Crippen LogP contribution in [0.1, 0.15) is 0 Å². The second kappa shape index (κ2) is 12.4. The van der Waals surface area contributed by atoms with E-state index in [0.29, 0.717) is 17.5 Å². The number of hydrogen-bond acceptors (Lipinski definition) is 4. The first-order valence-electron chi connectivity index (χ1n) is 16.4. The quantitative estimate of drug-likeness (QED) is 0.181. The summed E-state index contributed by atoms with van der Waals surface area (Å²) in [6.45, 7) is 0. The monoisotopic (exact) mass is 643 g/mol. The number of thiophene rings is 1. The number of nitrogens with zero attached hydrogens (tertiary/aromatic N) is 3. The molecule has 9 rings (SSSR count). The fourth-order valence-corrected chi connectivity index (χ4v) is 7.67. The van der Waals surface area contributed by atoms with Gasteiger partial charge in [0.2, 0.25) is 0 Å². The standard InChI is InChI=1S/C45H29N3S/c1-4-13-30(14-5-1)31-23-25-34(26-24-31)44-46-43(33-17-8-3-9-18-33)47-45(48-44)36-20-12-19-35(27-36)37-28-39(32-15-6-2-7-16-32)42-38-21-10-11-22-40(38)49-41(42)29-37/h1-29H. The molecule has 0 atom stereocenters. The Hall–Kier alpha value is -6.23. The Bertz CT molecular complexity index is 2580. The molecule has 0 aliphatic carbocycles. The number of hydrogen-bond donors (Lipinski definition) is 0. The molecule has 0 saturated carbocycles. The molecule has 7 aromatic carbocycles. The highest BCUT2D eigenvalue weighted by atomic mass is 32.1. The molecule has 0 radical (unpaired) electrons. The Morgan fingerprint density at radius 2 is 0.796 bits per heavy atom. The summed E-state index contributed by atoms with van der Waals surface area (Å²) in [5, 5.41) is 2.60. The van der Waals surface area contributed by atoms with Crippen LogP contribution in [0.5, 0.6) is 0 Å². The van der Waals surface area contributed by atoms with Crippen LogP contribution in [0.3, 0.4) is 0 Å². The Morgan fingerprint density at radius 3 is 1.49 bits per heavy atom. The minimum atomic E-state index is 0.643. The molecule has 0 saturated heterocycles. The van der Waals surface area contributed by atoms with Crippen molar-refractivity contribution in [3.8, 4) is 67.5 Å². The first-order chi connectivity index (χ1) is 24.3. The second-order valence-electron chi connectivity index (χ2n) is 12.1. The van der Waals surface area contributed by atoms with Gasteiger partial charge in [0.15, 0.2) is 17.5 Å². The van der Waals surface area contributed by atoms with Crippen LogP contribution in [0.15, 0.2) is 176 Å². The molecule has 3 nitrogen and oxygen atoms in total. The Labute approximate surface area is 288 Å². The van der Waals surface area contributed by atoms with E-state index in [1.807, 2.05) is 47.7 Å². The predicted molar refractivity (Wildman–Crippen MR) is 205 cm³/mol. The summed E-state index contributed by atoms with van der Waals surface area (Å²) in [6.07, 6.45) is 0. The molecule has 0 fully saturated rings. The zero-order valence-corrected chi connectivity index (χ0v) is 27.3. The van der Waals surface area contributed by atoms with Crippen LogP contribution in [-0.4, -0.2) is 15.0 Å². The molecule has 0 aliphatic rings. The lowest BCUT2D eigenvalue weighted by molar-refractivity contribution is 1.07. The summed E-state index contributed by atoms with van der Waals surface area (Å²) in [4.78, 5) is 15.0. The molecule has 0 aliphatic heterocycles. The van der Waals surface area contributed by atoms with Gasteiger partial charge in [-0.2, -0.15) is 0 Å². The van der Waals surface area contributed by atoms with Crippen LogP contribution in [0.4, 0.5) is 0 Å². The first-order valence-corrected chi connectivity index (χ1v) is 17.2. The molecule has 0 bridgehead atoms. The van der Waals surface area contributed by atoms with Crippen molar-refractivity contribution in [1.82, 2.24) is 15.0 Å². The van der Waals surface area contributed by atoms with Crippen molar-refractivity contribution in [3.63, 3.8) is 0 Å². The zero-order chi connectivity index (χ0) is 32.6. The molecule has 49 heavy (non-hydrogen) atoms. The molecule has 2 heterocycles. The molecular weight excluding hydrogens is 615 g/mol. The van der Waals surface area contributed by atoms with Crippen molar-refractivity contribution >= 4 is 31.5 Å². The highest BCUT2D eigenvalue weighted by Crippen LogP contribution is 2.43. The van der Waals surface area contributed by atoms with Gasteiger partial charge in [-0.25, -0.2) is 15.0 Å². The maximum absolute atomic E-state index is 5.06. The van der Waals surface area contributed by atoms with E-state index >= 15 is 0 Å². The van der Waals surface area contributed by atoms with Crippen LogP contribution >= 0.6 is 11.3 Å². The lowest BCUT2D eigenvalue weighted by atomic mass is 9.94. The van der Waals surface area contributed by atoms with Crippen LogP contribution in [0, 0.1) is 0 Å². The average Bonchev–Trinajstić information content (AvgIpc) is 3.57. The molecule has 0 spiro atoms. The highest BCUT2D eigenvalue weighted by Gasteiger charge is 2.16. The van der Waals surface area contributed by atoms with Crippen molar-refractivity contribution in [2.75, 3.05) is 0 Å². The Balaban J connectivity index is 1.17. The van der Waals surface area contributed by atoms with Gasteiger partial charge in [0, 0.05) is 36.9 Å². The van der Waals surface area contributed by atoms with Gasteiger partial charge in [0.05, 0.1) is 0 Å². The lowest BCUT2D eigenvalue weighted by Crippen LogP contribution is -2.00. The molecular formula is C45H29N3S. The number of benzene rings is 7. The molecule has 0 unspecified atom stereocenters. The predicted octanol–water partition coefficient (Wildman–Crippen LogP) is 12.2. The Kier molecular flexibility index (Phi) is 7.34. The summed E-state index contributed by atoms with van der Waals surface area (Å²) in [6, 6.07) is 61.6. The largest absolute Gasteiger partial charge is 0.208 e. The number of rotatable bonds is 6. The third-order valence-corrected chi connectivity index (χ3v) is 10.1. The summed E-state index contributed by atoms with van der Waals surface area (Å²) in [5.74, 6) is 1.94. The third-order valence-electron chi connectivity index (χ3n) is 8.94. The molecule has 0 N–H and O–H groups in total. The van der Waals surface area contributed by atoms with Gasteiger partial charge < -0.3 is 0 Å². The smallest absolute Gasteiger partial charge is 0.164 e. The van der Waals surface area contributed by atoms with Gasteiger partial charge in [0.25, 0.3) is 0 Å². The zero-order valence-electron chi connectivity index (χ0n) is 26.5. The van der Waals surface area contributed by atoms with E-state index in [1.165, 1.54) is 36.9 Å². The summed E-state index contributed by atoms with van der Waals surface area (Å²) >= 11 is 1.85. The SMILES string of the molecule is c1ccc(-c2ccc(-c3nc(-c4ccccc4)nc(-c4cccc(-c5cc(-c6ccccc6)c6c(c5)sc5ccccc56)c4)n3)cc2)cc1. The summed E-state index contributed by atoms with van der Waals surface area (Å²) in [5.41, 5.74) is 9.89. The fourth-order valence-electron chi connectivity index (χ4n) is 6.50. The van der Waals surface area contributed by atoms with E-state index < -0.39 is 0 Å². The van der Waals surface area contributed by atoms with E-state index in [-0.39, 0.29) is 0 Å². The lowest BCUT2D eigenvalue weighted by Gasteiger charge is -2.12. The Morgan fingerprint density at radius 1 is 0.306 bits per heavy atom. The minimum absolute atomic E-state index is 0.643. The summed E-state index contributed by atoms with van der Waals surface area (Å²) < 4.78 is 2.57. The van der Waals surface area contributed by atoms with Crippen molar-refractivity contribution in [3.05, 3.63) is 176 Å². The minimum Gasteiger partial charge on any atom is -0.208 e. The summed E-state index contributed by atoms with van der Waals surface area (Å²) in [7, 11) is 0. The van der Waals surface area contributed by atoms with Gasteiger partial charge in [-0.1, -0.05) is 152 Å². The normalized spacial score (nSPS) is 11.3. The molecule has 9 aromatic rings. The first kappa shape index (κ1) is 29.0. The van der Waals surface area contributed by atoms with Crippen LogP contribution < -0.4 is 0 Å².